The zero-order valence-electron chi connectivity index (χ0n) is 8.82. The zero-order chi connectivity index (χ0) is 9.68. The SMILES string of the molecule is CCC(C)C=COCCC1OC1C. The van der Waals surface area contributed by atoms with Gasteiger partial charge in [0.15, 0.2) is 0 Å². The van der Waals surface area contributed by atoms with E-state index in [-0.39, 0.29) is 0 Å². The minimum Gasteiger partial charge on any atom is -0.501 e. The minimum absolute atomic E-state index is 0.456. The summed E-state index contributed by atoms with van der Waals surface area (Å²) in [6, 6.07) is 0. The molecule has 1 rings (SSSR count). The Morgan fingerprint density at radius 1 is 1.54 bits per heavy atom. The van der Waals surface area contributed by atoms with Crippen LogP contribution in [0.1, 0.15) is 33.6 Å². The fraction of sp³-hybridized carbons (Fsp3) is 0.818. The lowest BCUT2D eigenvalue weighted by atomic mass is 10.1. The Bertz CT molecular complexity index is 165. The van der Waals surface area contributed by atoms with Crippen molar-refractivity contribution in [3.8, 4) is 0 Å². The Hall–Kier alpha value is -0.500. The lowest BCUT2D eigenvalue weighted by Crippen LogP contribution is -1.96. The first kappa shape index (κ1) is 10.6. The lowest BCUT2D eigenvalue weighted by molar-refractivity contribution is 0.226. The summed E-state index contributed by atoms with van der Waals surface area (Å²) in [5.74, 6) is 0.621. The van der Waals surface area contributed by atoms with Gasteiger partial charge in [-0.15, -0.1) is 0 Å². The molecule has 0 aliphatic carbocycles. The van der Waals surface area contributed by atoms with Crippen LogP contribution in [0.15, 0.2) is 12.3 Å². The summed E-state index contributed by atoms with van der Waals surface area (Å²) in [7, 11) is 0. The largest absolute Gasteiger partial charge is 0.501 e. The first-order valence-electron chi connectivity index (χ1n) is 5.17. The number of allylic oxidation sites excluding steroid dienone is 1. The molecule has 0 radical (unpaired) electrons. The van der Waals surface area contributed by atoms with Crippen molar-refractivity contribution in [1.82, 2.24) is 0 Å². The summed E-state index contributed by atoms with van der Waals surface area (Å²) >= 11 is 0. The number of hydrogen-bond donors (Lipinski definition) is 0. The van der Waals surface area contributed by atoms with Gasteiger partial charge in [0, 0.05) is 6.42 Å². The van der Waals surface area contributed by atoms with E-state index in [1.807, 2.05) is 6.26 Å². The van der Waals surface area contributed by atoms with Crippen molar-refractivity contribution in [2.45, 2.75) is 45.8 Å². The molecular weight excluding hydrogens is 164 g/mol. The van der Waals surface area contributed by atoms with E-state index in [9.17, 15) is 0 Å². The van der Waals surface area contributed by atoms with Gasteiger partial charge in [0.05, 0.1) is 25.1 Å². The topological polar surface area (TPSA) is 21.8 Å². The Kier molecular flexibility index (Phi) is 4.29. The third kappa shape index (κ3) is 4.32. The maximum Gasteiger partial charge on any atom is 0.0898 e. The molecule has 0 spiro atoms. The van der Waals surface area contributed by atoms with Crippen LogP contribution in [-0.2, 0) is 9.47 Å². The second-order valence-electron chi connectivity index (χ2n) is 3.75. The van der Waals surface area contributed by atoms with Crippen LogP contribution in [0, 0.1) is 5.92 Å². The molecule has 1 saturated heterocycles. The van der Waals surface area contributed by atoms with Gasteiger partial charge in [-0.05, 0) is 25.3 Å². The molecule has 0 saturated carbocycles. The normalized spacial score (nSPS) is 29.2. The van der Waals surface area contributed by atoms with Gasteiger partial charge in [-0.2, -0.15) is 0 Å². The third-order valence-electron chi connectivity index (χ3n) is 2.50. The average molecular weight is 184 g/mol. The zero-order valence-corrected chi connectivity index (χ0v) is 8.82. The van der Waals surface area contributed by atoms with Crippen molar-refractivity contribution in [2.24, 2.45) is 5.92 Å². The van der Waals surface area contributed by atoms with E-state index < -0.39 is 0 Å². The third-order valence-corrected chi connectivity index (χ3v) is 2.50. The van der Waals surface area contributed by atoms with E-state index in [2.05, 4.69) is 26.8 Å². The molecule has 0 aromatic rings. The van der Waals surface area contributed by atoms with Crippen molar-refractivity contribution >= 4 is 0 Å². The summed E-state index contributed by atoms with van der Waals surface area (Å²) < 4.78 is 10.6. The quantitative estimate of drug-likeness (QED) is 0.359. The van der Waals surface area contributed by atoms with Gasteiger partial charge in [0.2, 0.25) is 0 Å². The number of epoxide rings is 1. The summed E-state index contributed by atoms with van der Waals surface area (Å²) in [4.78, 5) is 0. The predicted molar refractivity (Wildman–Crippen MR) is 53.5 cm³/mol. The molecule has 1 aliphatic heterocycles. The maximum atomic E-state index is 5.34. The number of hydrogen-bond acceptors (Lipinski definition) is 2. The van der Waals surface area contributed by atoms with Gasteiger partial charge in [-0.25, -0.2) is 0 Å². The highest BCUT2D eigenvalue weighted by molar-refractivity contribution is 4.82. The maximum absolute atomic E-state index is 5.34. The molecule has 0 amide bonds. The average Bonchev–Trinajstić information content (AvgIpc) is 2.81. The van der Waals surface area contributed by atoms with Crippen LogP contribution >= 0.6 is 0 Å². The molecule has 3 atom stereocenters. The highest BCUT2D eigenvalue weighted by Gasteiger charge is 2.33. The fourth-order valence-corrected chi connectivity index (χ4v) is 1.11. The van der Waals surface area contributed by atoms with Crippen LogP contribution < -0.4 is 0 Å². The van der Waals surface area contributed by atoms with E-state index in [1.54, 1.807) is 0 Å². The van der Waals surface area contributed by atoms with Crippen LogP contribution in [0.25, 0.3) is 0 Å². The monoisotopic (exact) mass is 184 g/mol. The fourth-order valence-electron chi connectivity index (χ4n) is 1.11. The lowest BCUT2D eigenvalue weighted by Gasteiger charge is -2.01. The molecule has 13 heavy (non-hydrogen) atoms. The van der Waals surface area contributed by atoms with Crippen LogP contribution in [0.3, 0.4) is 0 Å². The summed E-state index contributed by atoms with van der Waals surface area (Å²) in [5.41, 5.74) is 0. The molecule has 2 heteroatoms. The molecule has 0 bridgehead atoms. The van der Waals surface area contributed by atoms with E-state index >= 15 is 0 Å². The van der Waals surface area contributed by atoms with E-state index in [1.165, 1.54) is 6.42 Å². The molecule has 2 nitrogen and oxygen atoms in total. The molecule has 0 N–H and O–H groups in total. The first-order valence-corrected chi connectivity index (χ1v) is 5.17. The Morgan fingerprint density at radius 2 is 2.23 bits per heavy atom. The van der Waals surface area contributed by atoms with E-state index in [0.29, 0.717) is 18.1 Å². The molecule has 1 aliphatic rings. The highest BCUT2D eigenvalue weighted by Crippen LogP contribution is 2.23. The summed E-state index contributed by atoms with van der Waals surface area (Å²) in [6.07, 6.45) is 7.03. The van der Waals surface area contributed by atoms with Crippen LogP contribution in [0.5, 0.6) is 0 Å². The summed E-state index contributed by atoms with van der Waals surface area (Å²) in [6.45, 7) is 7.24. The van der Waals surface area contributed by atoms with Crippen molar-refractivity contribution < 1.29 is 9.47 Å². The van der Waals surface area contributed by atoms with Crippen LogP contribution in [0.2, 0.25) is 0 Å². The van der Waals surface area contributed by atoms with Gasteiger partial charge in [-0.3, -0.25) is 0 Å². The molecule has 1 heterocycles. The standard InChI is InChI=1S/C11H20O2/c1-4-9(2)5-7-12-8-6-11-10(3)13-11/h5,7,9-11H,4,6,8H2,1-3H3. The van der Waals surface area contributed by atoms with Crippen molar-refractivity contribution in [2.75, 3.05) is 6.61 Å². The highest BCUT2D eigenvalue weighted by atomic mass is 16.6. The Labute approximate surface area is 80.9 Å². The number of ether oxygens (including phenoxy) is 2. The Morgan fingerprint density at radius 3 is 2.77 bits per heavy atom. The smallest absolute Gasteiger partial charge is 0.0898 e. The molecule has 76 valence electrons. The van der Waals surface area contributed by atoms with Crippen molar-refractivity contribution in [1.29, 1.82) is 0 Å². The van der Waals surface area contributed by atoms with E-state index in [0.717, 1.165) is 13.0 Å². The predicted octanol–water partition coefficient (Wildman–Crippen LogP) is 2.74. The second-order valence-corrected chi connectivity index (χ2v) is 3.75. The van der Waals surface area contributed by atoms with Gasteiger partial charge in [-0.1, -0.05) is 13.8 Å². The Balaban J connectivity index is 1.91. The first-order chi connectivity index (χ1) is 6.24. The van der Waals surface area contributed by atoms with Crippen LogP contribution in [-0.4, -0.2) is 18.8 Å². The van der Waals surface area contributed by atoms with Crippen molar-refractivity contribution in [3.05, 3.63) is 12.3 Å². The second kappa shape index (κ2) is 5.28. The molecule has 0 aromatic heterocycles. The molecule has 3 unspecified atom stereocenters. The molecule has 1 fully saturated rings. The van der Waals surface area contributed by atoms with E-state index in [4.69, 9.17) is 9.47 Å². The van der Waals surface area contributed by atoms with Gasteiger partial charge >= 0.3 is 0 Å². The molecular formula is C11H20O2. The number of rotatable bonds is 6. The molecule has 0 aromatic carbocycles. The summed E-state index contributed by atoms with van der Waals surface area (Å²) in [5, 5.41) is 0. The van der Waals surface area contributed by atoms with Crippen molar-refractivity contribution in [3.63, 3.8) is 0 Å². The van der Waals surface area contributed by atoms with Crippen LogP contribution in [0.4, 0.5) is 0 Å². The van der Waals surface area contributed by atoms with Gasteiger partial charge in [0.1, 0.15) is 0 Å². The minimum atomic E-state index is 0.456. The van der Waals surface area contributed by atoms with Gasteiger partial charge in [0.25, 0.3) is 0 Å². The van der Waals surface area contributed by atoms with Gasteiger partial charge < -0.3 is 9.47 Å².